The predicted molar refractivity (Wildman–Crippen MR) is 70.7 cm³/mol. The lowest BCUT2D eigenvalue weighted by Gasteiger charge is -2.15. The summed E-state index contributed by atoms with van der Waals surface area (Å²) in [6.07, 6.45) is 1.01. The zero-order chi connectivity index (χ0) is 14.9. The number of halogens is 2. The number of hydrogen-bond acceptors (Lipinski definition) is 4. The Hall–Kier alpha value is -1.34. The van der Waals surface area contributed by atoms with Crippen LogP contribution in [0.15, 0.2) is 23.1 Å². The number of rotatable bonds is 5. The maximum atomic E-state index is 13.7. The number of carbonyl (C=O) groups excluding carboxylic acids is 1. The van der Waals surface area contributed by atoms with Gasteiger partial charge in [0.1, 0.15) is 0 Å². The topological polar surface area (TPSA) is 72.5 Å². The summed E-state index contributed by atoms with van der Waals surface area (Å²) < 4.78 is 41.0. The van der Waals surface area contributed by atoms with E-state index in [2.05, 4.69) is 5.32 Å². The van der Waals surface area contributed by atoms with Crippen molar-refractivity contribution < 1.29 is 22.3 Å². The lowest BCUT2D eigenvalue weighted by atomic mass is 10.3. The molecular weight excluding hydrogens is 309 g/mol. The van der Waals surface area contributed by atoms with Crippen LogP contribution in [0.2, 0.25) is 0 Å². The molecule has 1 unspecified atom stereocenters. The fraction of sp³-hybridized carbons (Fsp3) is 0.417. The summed E-state index contributed by atoms with van der Waals surface area (Å²) in [5.41, 5.74) is 0. The minimum atomic E-state index is -4.00. The van der Waals surface area contributed by atoms with Crippen molar-refractivity contribution in [3.8, 4) is 5.75 Å². The highest BCUT2D eigenvalue weighted by Crippen LogP contribution is 2.24. The zero-order valence-electron chi connectivity index (χ0n) is 10.6. The first-order valence-electron chi connectivity index (χ1n) is 5.98. The van der Waals surface area contributed by atoms with Gasteiger partial charge < -0.3 is 10.1 Å². The molecule has 20 heavy (non-hydrogen) atoms. The molecule has 1 amide bonds. The quantitative estimate of drug-likeness (QED) is 0.839. The van der Waals surface area contributed by atoms with Crippen LogP contribution in [0.1, 0.15) is 19.8 Å². The van der Waals surface area contributed by atoms with Gasteiger partial charge in [-0.2, -0.15) is 0 Å². The number of carbonyl (C=O) groups is 1. The highest BCUT2D eigenvalue weighted by atomic mass is 35.7. The smallest absolute Gasteiger partial charge is 0.261 e. The molecular formula is C12H13ClFNO4S. The molecule has 5 nitrogen and oxygen atoms in total. The first-order chi connectivity index (χ1) is 9.27. The van der Waals surface area contributed by atoms with E-state index >= 15 is 0 Å². The van der Waals surface area contributed by atoms with Gasteiger partial charge in [0.25, 0.3) is 15.0 Å². The molecule has 0 bridgehead atoms. The van der Waals surface area contributed by atoms with E-state index in [4.69, 9.17) is 15.4 Å². The average molecular weight is 322 g/mol. The Bertz CT molecular complexity index is 630. The van der Waals surface area contributed by atoms with Gasteiger partial charge in [-0.1, -0.05) is 0 Å². The van der Waals surface area contributed by atoms with E-state index in [1.165, 1.54) is 6.92 Å². The van der Waals surface area contributed by atoms with Crippen LogP contribution in [0.4, 0.5) is 4.39 Å². The molecule has 1 aliphatic carbocycles. The first-order valence-corrected chi connectivity index (χ1v) is 8.29. The molecule has 2 rings (SSSR count). The SMILES string of the molecule is CC(Oc1ccc(S(=O)(=O)Cl)cc1F)C(=O)NC1CC1. The van der Waals surface area contributed by atoms with E-state index in [-0.39, 0.29) is 22.6 Å². The van der Waals surface area contributed by atoms with Crippen LogP contribution in [-0.2, 0) is 13.8 Å². The van der Waals surface area contributed by atoms with Gasteiger partial charge in [0.2, 0.25) is 0 Å². The number of hydrogen-bond donors (Lipinski definition) is 1. The van der Waals surface area contributed by atoms with Gasteiger partial charge in [-0.15, -0.1) is 0 Å². The third-order valence-electron chi connectivity index (χ3n) is 2.78. The lowest BCUT2D eigenvalue weighted by Crippen LogP contribution is -2.37. The Morgan fingerprint density at radius 3 is 2.65 bits per heavy atom. The second kappa shape index (κ2) is 5.57. The fourth-order valence-corrected chi connectivity index (χ4v) is 2.28. The standard InChI is InChI=1S/C12H13ClFNO4S/c1-7(12(16)15-8-2-3-8)19-11-5-4-9(6-10(11)14)20(13,17)18/h4-8H,2-3H2,1H3,(H,15,16). The second-order valence-electron chi connectivity index (χ2n) is 4.57. The van der Waals surface area contributed by atoms with Gasteiger partial charge in [-0.25, -0.2) is 12.8 Å². The summed E-state index contributed by atoms with van der Waals surface area (Å²) in [5.74, 6) is -1.42. The molecule has 1 aromatic rings. The van der Waals surface area contributed by atoms with E-state index in [9.17, 15) is 17.6 Å². The molecule has 1 aromatic carbocycles. The molecule has 0 radical (unpaired) electrons. The molecule has 1 saturated carbocycles. The molecule has 1 fully saturated rings. The van der Waals surface area contributed by atoms with Gasteiger partial charge >= 0.3 is 0 Å². The molecule has 1 N–H and O–H groups in total. The van der Waals surface area contributed by atoms with Crippen LogP contribution in [0, 0.1) is 5.82 Å². The average Bonchev–Trinajstić information content (AvgIpc) is 3.14. The maximum absolute atomic E-state index is 13.7. The minimum Gasteiger partial charge on any atom is -0.478 e. The Morgan fingerprint density at radius 2 is 2.15 bits per heavy atom. The van der Waals surface area contributed by atoms with Crippen molar-refractivity contribution >= 4 is 25.6 Å². The van der Waals surface area contributed by atoms with Gasteiger partial charge in [0.05, 0.1) is 4.90 Å². The summed E-state index contributed by atoms with van der Waals surface area (Å²) in [6.45, 7) is 1.49. The van der Waals surface area contributed by atoms with E-state index in [1.807, 2.05) is 0 Å². The normalized spacial score (nSPS) is 16.6. The molecule has 110 valence electrons. The molecule has 0 aliphatic heterocycles. The first kappa shape index (κ1) is 15.1. The number of benzene rings is 1. The summed E-state index contributed by atoms with van der Waals surface area (Å²) in [5, 5.41) is 2.73. The van der Waals surface area contributed by atoms with Gasteiger partial charge in [-0.05, 0) is 38.0 Å². The van der Waals surface area contributed by atoms with E-state index in [0.717, 1.165) is 31.0 Å². The molecule has 0 heterocycles. The van der Waals surface area contributed by atoms with Crippen molar-refractivity contribution in [1.29, 1.82) is 0 Å². The molecule has 1 aliphatic rings. The fourth-order valence-electron chi connectivity index (χ4n) is 1.52. The van der Waals surface area contributed by atoms with Crippen molar-refractivity contribution in [2.24, 2.45) is 0 Å². The molecule has 8 heteroatoms. The van der Waals surface area contributed by atoms with Crippen molar-refractivity contribution in [2.45, 2.75) is 36.8 Å². The van der Waals surface area contributed by atoms with Crippen LogP contribution in [-0.4, -0.2) is 26.5 Å². The Morgan fingerprint density at radius 1 is 1.50 bits per heavy atom. The van der Waals surface area contributed by atoms with Crippen LogP contribution in [0.3, 0.4) is 0 Å². The Labute approximate surface area is 120 Å². The molecule has 0 aromatic heterocycles. The molecule has 1 atom stereocenters. The van der Waals surface area contributed by atoms with Gasteiger partial charge in [0, 0.05) is 16.7 Å². The van der Waals surface area contributed by atoms with Crippen LogP contribution in [0.25, 0.3) is 0 Å². The van der Waals surface area contributed by atoms with Crippen molar-refractivity contribution in [3.05, 3.63) is 24.0 Å². The highest BCUT2D eigenvalue weighted by Gasteiger charge is 2.27. The number of amides is 1. The monoisotopic (exact) mass is 321 g/mol. The minimum absolute atomic E-state index is 0.183. The van der Waals surface area contributed by atoms with Crippen LogP contribution >= 0.6 is 10.7 Å². The highest BCUT2D eigenvalue weighted by molar-refractivity contribution is 8.13. The summed E-state index contributed by atoms with van der Waals surface area (Å²) in [7, 11) is 1.11. The summed E-state index contributed by atoms with van der Waals surface area (Å²) in [6, 6.07) is 3.18. The van der Waals surface area contributed by atoms with Gasteiger partial charge in [0.15, 0.2) is 17.7 Å². The number of nitrogens with one attached hydrogen (secondary N) is 1. The van der Waals surface area contributed by atoms with Crippen molar-refractivity contribution in [2.75, 3.05) is 0 Å². The third kappa shape index (κ3) is 3.83. The number of ether oxygens (including phenoxy) is 1. The summed E-state index contributed by atoms with van der Waals surface area (Å²) >= 11 is 0. The van der Waals surface area contributed by atoms with Crippen LogP contribution < -0.4 is 10.1 Å². The third-order valence-corrected chi connectivity index (χ3v) is 4.13. The van der Waals surface area contributed by atoms with E-state index in [1.54, 1.807) is 0 Å². The molecule has 0 spiro atoms. The molecule has 0 saturated heterocycles. The largest absolute Gasteiger partial charge is 0.478 e. The lowest BCUT2D eigenvalue weighted by molar-refractivity contribution is -0.127. The Balaban J connectivity index is 2.07. The van der Waals surface area contributed by atoms with Crippen LogP contribution in [0.5, 0.6) is 5.75 Å². The zero-order valence-corrected chi connectivity index (χ0v) is 12.2. The van der Waals surface area contributed by atoms with Gasteiger partial charge in [-0.3, -0.25) is 4.79 Å². The second-order valence-corrected chi connectivity index (χ2v) is 7.14. The maximum Gasteiger partial charge on any atom is 0.261 e. The van der Waals surface area contributed by atoms with E-state index in [0.29, 0.717) is 0 Å². The van der Waals surface area contributed by atoms with Crippen molar-refractivity contribution in [3.63, 3.8) is 0 Å². The van der Waals surface area contributed by atoms with E-state index < -0.39 is 21.0 Å². The predicted octanol–water partition coefficient (Wildman–Crippen LogP) is 1.80. The summed E-state index contributed by atoms with van der Waals surface area (Å²) in [4.78, 5) is 11.3. The Kier molecular flexibility index (Phi) is 4.19. The van der Waals surface area contributed by atoms with Crippen molar-refractivity contribution in [1.82, 2.24) is 5.32 Å².